The van der Waals surface area contributed by atoms with Crippen LogP contribution in [-0.4, -0.2) is 5.11 Å². The molecule has 0 aliphatic rings. The average Bonchev–Trinajstić information content (AvgIpc) is 1.90. The van der Waals surface area contributed by atoms with Gasteiger partial charge in [-0.25, -0.2) is 0 Å². The van der Waals surface area contributed by atoms with Gasteiger partial charge in [0.05, 0.1) is 5.76 Å². The lowest BCUT2D eigenvalue weighted by molar-refractivity contribution is 0.317. The SMILES string of the molecule is CC=C(O)C(CC)CC. The number of hydrogen-bond acceptors (Lipinski definition) is 1. The lowest BCUT2D eigenvalue weighted by Gasteiger charge is -2.09. The summed E-state index contributed by atoms with van der Waals surface area (Å²) in [6.45, 7) is 6.05. The van der Waals surface area contributed by atoms with Crippen LogP contribution in [0.4, 0.5) is 0 Å². The Balaban J connectivity index is 3.79. The van der Waals surface area contributed by atoms with Crippen molar-refractivity contribution < 1.29 is 5.11 Å². The van der Waals surface area contributed by atoms with E-state index in [0.717, 1.165) is 12.8 Å². The van der Waals surface area contributed by atoms with Crippen LogP contribution in [0.2, 0.25) is 0 Å². The molecule has 0 heterocycles. The van der Waals surface area contributed by atoms with Crippen molar-refractivity contribution in [3.63, 3.8) is 0 Å². The Labute approximate surface area is 57.4 Å². The standard InChI is InChI=1S/C8H16O/c1-4-7(5-2)8(9)6-3/h6-7,9H,4-5H2,1-3H3. The van der Waals surface area contributed by atoms with E-state index in [4.69, 9.17) is 0 Å². The van der Waals surface area contributed by atoms with E-state index < -0.39 is 0 Å². The van der Waals surface area contributed by atoms with Gasteiger partial charge < -0.3 is 5.11 Å². The molecule has 0 aromatic carbocycles. The summed E-state index contributed by atoms with van der Waals surface area (Å²) in [6.07, 6.45) is 3.84. The third kappa shape index (κ3) is 2.54. The second-order valence-electron chi connectivity index (χ2n) is 2.23. The smallest absolute Gasteiger partial charge is 0.0910 e. The molecule has 0 spiro atoms. The summed E-state index contributed by atoms with van der Waals surface area (Å²) in [4.78, 5) is 0. The van der Waals surface area contributed by atoms with Gasteiger partial charge in [-0.1, -0.05) is 13.8 Å². The monoisotopic (exact) mass is 128 g/mol. The molecular weight excluding hydrogens is 112 g/mol. The minimum absolute atomic E-state index is 0.384. The van der Waals surface area contributed by atoms with Crippen LogP contribution in [0.25, 0.3) is 0 Å². The minimum Gasteiger partial charge on any atom is -0.512 e. The van der Waals surface area contributed by atoms with Gasteiger partial charge in [-0.3, -0.25) is 0 Å². The molecule has 54 valence electrons. The van der Waals surface area contributed by atoms with Gasteiger partial charge in [0.2, 0.25) is 0 Å². The van der Waals surface area contributed by atoms with E-state index in [1.54, 1.807) is 6.08 Å². The lowest BCUT2D eigenvalue weighted by atomic mass is 10.0. The van der Waals surface area contributed by atoms with Crippen molar-refractivity contribution in [2.75, 3.05) is 0 Å². The molecule has 0 aliphatic carbocycles. The van der Waals surface area contributed by atoms with Gasteiger partial charge in [0.15, 0.2) is 0 Å². The molecule has 0 saturated heterocycles. The molecule has 0 saturated carbocycles. The van der Waals surface area contributed by atoms with Crippen LogP contribution in [0.1, 0.15) is 33.6 Å². The fraction of sp³-hybridized carbons (Fsp3) is 0.750. The molecule has 0 bridgehead atoms. The minimum atomic E-state index is 0.384. The molecule has 1 nitrogen and oxygen atoms in total. The van der Waals surface area contributed by atoms with Crippen LogP contribution in [-0.2, 0) is 0 Å². The average molecular weight is 128 g/mol. The van der Waals surface area contributed by atoms with Crippen molar-refractivity contribution in [2.45, 2.75) is 33.6 Å². The maximum absolute atomic E-state index is 9.18. The molecule has 0 fully saturated rings. The summed E-state index contributed by atoms with van der Waals surface area (Å²) in [5.41, 5.74) is 0. The van der Waals surface area contributed by atoms with Crippen LogP contribution in [0.5, 0.6) is 0 Å². The quantitative estimate of drug-likeness (QED) is 0.579. The predicted octanol–water partition coefficient (Wildman–Crippen LogP) is 2.88. The third-order valence-electron chi connectivity index (χ3n) is 1.70. The van der Waals surface area contributed by atoms with Crippen molar-refractivity contribution in [1.29, 1.82) is 0 Å². The Morgan fingerprint density at radius 1 is 1.44 bits per heavy atom. The second kappa shape index (κ2) is 4.42. The molecule has 0 atom stereocenters. The first-order valence-corrected chi connectivity index (χ1v) is 3.61. The van der Waals surface area contributed by atoms with Crippen molar-refractivity contribution in [3.8, 4) is 0 Å². The van der Waals surface area contributed by atoms with Gasteiger partial charge in [-0.15, -0.1) is 0 Å². The fourth-order valence-corrected chi connectivity index (χ4v) is 0.943. The van der Waals surface area contributed by atoms with Crippen molar-refractivity contribution >= 4 is 0 Å². The summed E-state index contributed by atoms with van der Waals surface area (Å²) in [7, 11) is 0. The maximum Gasteiger partial charge on any atom is 0.0910 e. The Kier molecular flexibility index (Phi) is 4.20. The summed E-state index contributed by atoms with van der Waals surface area (Å²) in [5, 5.41) is 9.18. The molecule has 1 N–H and O–H groups in total. The highest BCUT2D eigenvalue weighted by Gasteiger charge is 2.05. The molecule has 9 heavy (non-hydrogen) atoms. The Morgan fingerprint density at radius 3 is 2.00 bits per heavy atom. The first kappa shape index (κ1) is 8.54. The maximum atomic E-state index is 9.18. The van der Waals surface area contributed by atoms with Crippen molar-refractivity contribution in [1.82, 2.24) is 0 Å². The van der Waals surface area contributed by atoms with Gasteiger partial charge >= 0.3 is 0 Å². The number of aliphatic hydroxyl groups is 1. The van der Waals surface area contributed by atoms with E-state index in [-0.39, 0.29) is 0 Å². The van der Waals surface area contributed by atoms with Crippen LogP contribution >= 0.6 is 0 Å². The Morgan fingerprint density at radius 2 is 1.89 bits per heavy atom. The van der Waals surface area contributed by atoms with Crippen LogP contribution in [0, 0.1) is 5.92 Å². The van der Waals surface area contributed by atoms with Crippen LogP contribution in [0.15, 0.2) is 11.8 Å². The number of allylic oxidation sites excluding steroid dienone is 2. The highest BCUT2D eigenvalue weighted by molar-refractivity contribution is 4.93. The van der Waals surface area contributed by atoms with E-state index in [0.29, 0.717) is 11.7 Å². The number of hydrogen-bond donors (Lipinski definition) is 1. The van der Waals surface area contributed by atoms with Gasteiger partial charge in [0.1, 0.15) is 0 Å². The molecule has 0 aromatic rings. The predicted molar refractivity (Wildman–Crippen MR) is 40.5 cm³/mol. The largest absolute Gasteiger partial charge is 0.512 e. The Hall–Kier alpha value is -0.460. The molecule has 0 amide bonds. The zero-order chi connectivity index (χ0) is 7.28. The van der Waals surface area contributed by atoms with Crippen molar-refractivity contribution in [3.05, 3.63) is 11.8 Å². The molecule has 1 heteroatoms. The van der Waals surface area contributed by atoms with E-state index in [9.17, 15) is 5.11 Å². The summed E-state index contributed by atoms with van der Waals surface area (Å²) in [5.74, 6) is 0.926. The van der Waals surface area contributed by atoms with Gasteiger partial charge in [0, 0.05) is 5.92 Å². The summed E-state index contributed by atoms with van der Waals surface area (Å²) >= 11 is 0. The van der Waals surface area contributed by atoms with Gasteiger partial charge in [-0.2, -0.15) is 0 Å². The summed E-state index contributed by atoms with van der Waals surface area (Å²) in [6, 6.07) is 0. The fourth-order valence-electron chi connectivity index (χ4n) is 0.943. The van der Waals surface area contributed by atoms with Crippen molar-refractivity contribution in [2.24, 2.45) is 5.92 Å². The third-order valence-corrected chi connectivity index (χ3v) is 1.70. The number of rotatable bonds is 3. The topological polar surface area (TPSA) is 20.2 Å². The number of aliphatic hydroxyl groups excluding tert-OH is 1. The van der Waals surface area contributed by atoms with Gasteiger partial charge in [0.25, 0.3) is 0 Å². The lowest BCUT2D eigenvalue weighted by Crippen LogP contribution is -1.99. The zero-order valence-electron chi connectivity index (χ0n) is 6.52. The molecule has 0 unspecified atom stereocenters. The van der Waals surface area contributed by atoms with Gasteiger partial charge in [-0.05, 0) is 25.8 Å². The molecule has 0 rings (SSSR count). The summed E-state index contributed by atoms with van der Waals surface area (Å²) < 4.78 is 0. The van der Waals surface area contributed by atoms with E-state index in [2.05, 4.69) is 13.8 Å². The molecular formula is C8H16O. The Bertz CT molecular complexity index is 90.7. The molecule has 0 aromatic heterocycles. The molecule has 0 radical (unpaired) electrons. The highest BCUT2D eigenvalue weighted by Crippen LogP contribution is 2.15. The van der Waals surface area contributed by atoms with Crippen LogP contribution < -0.4 is 0 Å². The first-order chi connectivity index (χ1) is 4.26. The highest BCUT2D eigenvalue weighted by atomic mass is 16.3. The van der Waals surface area contributed by atoms with E-state index >= 15 is 0 Å². The zero-order valence-corrected chi connectivity index (χ0v) is 6.52. The van der Waals surface area contributed by atoms with E-state index in [1.807, 2.05) is 6.92 Å². The van der Waals surface area contributed by atoms with E-state index in [1.165, 1.54) is 0 Å². The molecule has 0 aliphatic heterocycles. The second-order valence-corrected chi connectivity index (χ2v) is 2.23. The first-order valence-electron chi connectivity index (χ1n) is 3.61. The van der Waals surface area contributed by atoms with Crippen LogP contribution in [0.3, 0.4) is 0 Å². The normalized spacial score (nSPS) is 12.7.